The molecule has 2 atom stereocenters. The van der Waals surface area contributed by atoms with Gasteiger partial charge in [0.25, 0.3) is 0 Å². The van der Waals surface area contributed by atoms with E-state index < -0.39 is 9.84 Å². The predicted octanol–water partition coefficient (Wildman–Crippen LogP) is 1.82. The average Bonchev–Trinajstić information content (AvgIpc) is 3.17. The van der Waals surface area contributed by atoms with E-state index in [1.165, 1.54) is 6.42 Å². The Hall–Kier alpha value is -2.22. The number of carbonyl (C=O) groups is 1. The van der Waals surface area contributed by atoms with Gasteiger partial charge in [-0.25, -0.2) is 8.42 Å². The third kappa shape index (κ3) is 2.86. The Labute approximate surface area is 158 Å². The van der Waals surface area contributed by atoms with Crippen LogP contribution in [-0.4, -0.2) is 46.6 Å². The number of aromatic nitrogens is 3. The summed E-state index contributed by atoms with van der Waals surface area (Å²) in [6.45, 7) is 0.936. The highest BCUT2D eigenvalue weighted by Crippen LogP contribution is 2.37. The van der Waals surface area contributed by atoms with E-state index in [9.17, 15) is 13.2 Å². The molecule has 142 valence electrons. The van der Waals surface area contributed by atoms with E-state index in [1.54, 1.807) is 4.90 Å². The van der Waals surface area contributed by atoms with Gasteiger partial charge in [0.05, 0.1) is 17.5 Å². The molecule has 0 N–H and O–H groups in total. The third-order valence-electron chi connectivity index (χ3n) is 5.99. The van der Waals surface area contributed by atoms with Crippen LogP contribution in [0.1, 0.15) is 31.5 Å². The van der Waals surface area contributed by atoms with Crippen LogP contribution in [0, 0.1) is 5.92 Å². The summed E-state index contributed by atoms with van der Waals surface area (Å²) in [7, 11) is -3.04. The average molecular weight is 386 g/mol. The van der Waals surface area contributed by atoms with Gasteiger partial charge in [-0.3, -0.25) is 4.79 Å². The minimum atomic E-state index is -3.04. The Morgan fingerprint density at radius 2 is 1.81 bits per heavy atom. The van der Waals surface area contributed by atoms with Crippen molar-refractivity contribution >= 4 is 21.4 Å². The highest BCUT2D eigenvalue weighted by Gasteiger charge is 2.49. The summed E-state index contributed by atoms with van der Waals surface area (Å²) in [5, 5.41) is 8.72. The number of aryl methyl sites for hydroxylation is 1. The molecule has 7 nitrogen and oxygen atoms in total. The molecule has 27 heavy (non-hydrogen) atoms. The van der Waals surface area contributed by atoms with Crippen LogP contribution in [0.5, 0.6) is 0 Å². The fourth-order valence-corrected chi connectivity index (χ4v) is 6.76. The van der Waals surface area contributed by atoms with Gasteiger partial charge >= 0.3 is 0 Å². The van der Waals surface area contributed by atoms with E-state index in [1.807, 2.05) is 24.3 Å². The lowest BCUT2D eigenvalue weighted by Crippen LogP contribution is -2.36. The highest BCUT2D eigenvalue weighted by atomic mass is 32.2. The topological polar surface area (TPSA) is 85.2 Å². The number of rotatable bonds is 2. The second kappa shape index (κ2) is 6.15. The molecule has 0 radical (unpaired) electrons. The van der Waals surface area contributed by atoms with Crippen molar-refractivity contribution in [2.45, 2.75) is 44.7 Å². The SMILES string of the molecule is O=C1C[C@H]2CS(=O)(=O)C[C@@H]2N1c1ccc(-c2nnc3n2CCCCC3)cc1. The van der Waals surface area contributed by atoms with Gasteiger partial charge in [0.2, 0.25) is 5.91 Å². The maximum atomic E-state index is 12.4. The van der Waals surface area contributed by atoms with E-state index in [0.717, 1.165) is 48.7 Å². The lowest BCUT2D eigenvalue weighted by Gasteiger charge is -2.23. The molecule has 0 saturated carbocycles. The lowest BCUT2D eigenvalue weighted by molar-refractivity contribution is -0.117. The van der Waals surface area contributed by atoms with Crippen LogP contribution in [0.25, 0.3) is 11.4 Å². The van der Waals surface area contributed by atoms with Crippen molar-refractivity contribution in [1.29, 1.82) is 0 Å². The molecule has 2 aromatic rings. The number of anilines is 1. The standard InChI is InChI=1S/C19H22N4O3S/c24-18-10-14-11-27(25,26)12-16(14)23(18)15-7-5-13(6-8-15)19-21-20-17-4-2-1-3-9-22(17)19/h5-8,14,16H,1-4,9-12H2/t14-,16-/m0/s1. The second-order valence-corrected chi connectivity index (χ2v) is 9.98. The number of benzene rings is 1. The van der Waals surface area contributed by atoms with Gasteiger partial charge < -0.3 is 9.47 Å². The Bertz CT molecular complexity index is 996. The van der Waals surface area contributed by atoms with Crippen molar-refractivity contribution in [3.63, 3.8) is 0 Å². The zero-order valence-corrected chi connectivity index (χ0v) is 15.9. The number of fused-ring (bicyclic) bond motifs is 2. The van der Waals surface area contributed by atoms with E-state index in [-0.39, 0.29) is 29.4 Å². The molecule has 3 aliphatic rings. The molecule has 1 aromatic carbocycles. The van der Waals surface area contributed by atoms with Gasteiger partial charge in [-0.05, 0) is 37.1 Å². The van der Waals surface area contributed by atoms with Gasteiger partial charge in [-0.1, -0.05) is 6.42 Å². The minimum Gasteiger partial charge on any atom is -0.311 e. The van der Waals surface area contributed by atoms with E-state index >= 15 is 0 Å². The maximum absolute atomic E-state index is 12.4. The summed E-state index contributed by atoms with van der Waals surface area (Å²) in [6.07, 6.45) is 4.79. The molecule has 4 heterocycles. The number of hydrogen-bond donors (Lipinski definition) is 0. The smallest absolute Gasteiger partial charge is 0.227 e. The molecule has 0 spiro atoms. The number of sulfone groups is 1. The zero-order valence-electron chi connectivity index (χ0n) is 15.0. The largest absolute Gasteiger partial charge is 0.311 e. The van der Waals surface area contributed by atoms with Crippen molar-refractivity contribution in [1.82, 2.24) is 14.8 Å². The van der Waals surface area contributed by atoms with Crippen LogP contribution >= 0.6 is 0 Å². The molecule has 0 bridgehead atoms. The number of hydrogen-bond acceptors (Lipinski definition) is 5. The zero-order chi connectivity index (χ0) is 18.6. The van der Waals surface area contributed by atoms with Crippen LogP contribution in [0.4, 0.5) is 5.69 Å². The van der Waals surface area contributed by atoms with Crippen LogP contribution in [0.3, 0.4) is 0 Å². The molecule has 2 saturated heterocycles. The van der Waals surface area contributed by atoms with Crippen LogP contribution < -0.4 is 4.90 Å². The van der Waals surface area contributed by atoms with Crippen molar-refractivity contribution < 1.29 is 13.2 Å². The molecule has 5 rings (SSSR count). The second-order valence-electron chi connectivity index (χ2n) is 7.82. The molecule has 0 aliphatic carbocycles. The molecule has 1 aromatic heterocycles. The van der Waals surface area contributed by atoms with E-state index in [2.05, 4.69) is 14.8 Å². The molecular formula is C19H22N4O3S. The van der Waals surface area contributed by atoms with Crippen molar-refractivity contribution in [3.05, 3.63) is 30.1 Å². The first-order valence-electron chi connectivity index (χ1n) is 9.57. The molecule has 0 unspecified atom stereocenters. The van der Waals surface area contributed by atoms with Crippen LogP contribution in [-0.2, 0) is 27.6 Å². The minimum absolute atomic E-state index is 0.0176. The summed E-state index contributed by atoms with van der Waals surface area (Å²) < 4.78 is 26.1. The van der Waals surface area contributed by atoms with Crippen molar-refractivity contribution in [3.8, 4) is 11.4 Å². The van der Waals surface area contributed by atoms with Crippen LogP contribution in [0.2, 0.25) is 0 Å². The molecular weight excluding hydrogens is 364 g/mol. The fraction of sp³-hybridized carbons (Fsp3) is 0.526. The Balaban J connectivity index is 1.44. The Morgan fingerprint density at radius 1 is 1.00 bits per heavy atom. The fourth-order valence-electron chi connectivity index (χ4n) is 4.69. The Morgan fingerprint density at radius 3 is 2.63 bits per heavy atom. The maximum Gasteiger partial charge on any atom is 0.227 e. The predicted molar refractivity (Wildman–Crippen MR) is 101 cm³/mol. The van der Waals surface area contributed by atoms with E-state index in [0.29, 0.717) is 6.42 Å². The van der Waals surface area contributed by atoms with Gasteiger partial charge in [0.15, 0.2) is 15.7 Å². The summed E-state index contributed by atoms with van der Waals surface area (Å²) in [5.74, 6) is 2.05. The molecule has 8 heteroatoms. The first-order chi connectivity index (χ1) is 13.0. The first kappa shape index (κ1) is 16.9. The van der Waals surface area contributed by atoms with Gasteiger partial charge in [0.1, 0.15) is 5.82 Å². The first-order valence-corrected chi connectivity index (χ1v) is 11.4. The normalized spacial score (nSPS) is 26.7. The highest BCUT2D eigenvalue weighted by molar-refractivity contribution is 7.91. The Kier molecular flexibility index (Phi) is 3.86. The summed E-state index contributed by atoms with van der Waals surface area (Å²) in [5.41, 5.74) is 1.74. The number of carbonyl (C=O) groups excluding carboxylic acids is 1. The lowest BCUT2D eigenvalue weighted by atomic mass is 10.0. The van der Waals surface area contributed by atoms with Gasteiger partial charge in [-0.2, -0.15) is 0 Å². The van der Waals surface area contributed by atoms with E-state index in [4.69, 9.17) is 0 Å². The van der Waals surface area contributed by atoms with Crippen LogP contribution in [0.15, 0.2) is 24.3 Å². The summed E-state index contributed by atoms with van der Waals surface area (Å²) in [6, 6.07) is 7.50. The van der Waals surface area contributed by atoms with Gasteiger partial charge in [0, 0.05) is 36.6 Å². The molecule has 1 amide bonds. The molecule has 2 fully saturated rings. The molecule has 3 aliphatic heterocycles. The van der Waals surface area contributed by atoms with Gasteiger partial charge in [-0.15, -0.1) is 10.2 Å². The summed E-state index contributed by atoms with van der Waals surface area (Å²) in [4.78, 5) is 14.1. The number of nitrogens with zero attached hydrogens (tertiary/aromatic N) is 4. The summed E-state index contributed by atoms with van der Waals surface area (Å²) >= 11 is 0. The third-order valence-corrected chi connectivity index (χ3v) is 7.77. The van der Waals surface area contributed by atoms with Crippen molar-refractivity contribution in [2.75, 3.05) is 16.4 Å². The van der Waals surface area contributed by atoms with Crippen molar-refractivity contribution in [2.24, 2.45) is 5.92 Å². The monoisotopic (exact) mass is 386 g/mol. The number of amides is 1. The quantitative estimate of drug-likeness (QED) is 0.786.